The van der Waals surface area contributed by atoms with Crippen LogP contribution in [0.4, 0.5) is 0 Å². The molecule has 0 amide bonds. The van der Waals surface area contributed by atoms with Crippen molar-refractivity contribution < 1.29 is 0 Å². The smallest absolute Gasteiger partial charge is 0.0169 e. The van der Waals surface area contributed by atoms with Gasteiger partial charge in [-0.15, -0.1) is 0 Å². The first-order valence-corrected chi connectivity index (χ1v) is 6.06. The molecule has 0 radical (unpaired) electrons. The minimum Gasteiger partial charge on any atom is -0.0844 e. The van der Waals surface area contributed by atoms with E-state index < -0.39 is 0 Å². The highest BCUT2D eigenvalue weighted by molar-refractivity contribution is 5.23. The van der Waals surface area contributed by atoms with Gasteiger partial charge in [0.25, 0.3) is 0 Å². The molecule has 0 spiro atoms. The quantitative estimate of drug-likeness (QED) is 0.576. The lowest BCUT2D eigenvalue weighted by atomic mass is 10.0. The van der Waals surface area contributed by atoms with Gasteiger partial charge in [-0.3, -0.25) is 0 Å². The first-order chi connectivity index (χ1) is 7.70. The van der Waals surface area contributed by atoms with Gasteiger partial charge in [0.2, 0.25) is 0 Å². The molecular weight excluding hydrogens is 192 g/mol. The number of hydrogen-bond donors (Lipinski definition) is 0. The summed E-state index contributed by atoms with van der Waals surface area (Å²) in [6.07, 6.45) is 11.0. The Bertz CT molecular complexity index is 319. The molecular formula is C16H22. The molecule has 0 fully saturated rings. The van der Waals surface area contributed by atoms with Crippen molar-refractivity contribution in [2.24, 2.45) is 0 Å². The fourth-order valence-electron chi connectivity index (χ4n) is 1.49. The van der Waals surface area contributed by atoms with E-state index in [-0.39, 0.29) is 0 Å². The molecule has 16 heavy (non-hydrogen) atoms. The van der Waals surface area contributed by atoms with E-state index in [2.05, 4.69) is 69.3 Å². The first kappa shape index (κ1) is 12.8. The summed E-state index contributed by atoms with van der Waals surface area (Å²) >= 11 is 0. The Morgan fingerprint density at radius 3 is 1.56 bits per heavy atom. The van der Waals surface area contributed by atoms with Crippen molar-refractivity contribution >= 4 is 0 Å². The highest BCUT2D eigenvalue weighted by Gasteiger charge is 1.95. The van der Waals surface area contributed by atoms with Crippen LogP contribution >= 0.6 is 0 Å². The molecule has 0 aliphatic heterocycles. The summed E-state index contributed by atoms with van der Waals surface area (Å²) in [5, 5.41) is 0. The summed E-state index contributed by atoms with van der Waals surface area (Å²) in [6, 6.07) is 8.71. The topological polar surface area (TPSA) is 0 Å². The molecule has 1 aromatic rings. The number of benzene rings is 1. The molecule has 0 unspecified atom stereocenters. The van der Waals surface area contributed by atoms with E-state index in [1.54, 1.807) is 0 Å². The summed E-state index contributed by atoms with van der Waals surface area (Å²) in [7, 11) is 0. The van der Waals surface area contributed by atoms with Gasteiger partial charge >= 0.3 is 0 Å². The van der Waals surface area contributed by atoms with Gasteiger partial charge in [-0.2, -0.15) is 0 Å². The molecule has 0 aromatic heterocycles. The summed E-state index contributed by atoms with van der Waals surface area (Å²) < 4.78 is 0. The summed E-state index contributed by atoms with van der Waals surface area (Å²) in [4.78, 5) is 0. The van der Waals surface area contributed by atoms with Gasteiger partial charge < -0.3 is 0 Å². The summed E-state index contributed by atoms with van der Waals surface area (Å²) in [5.41, 5.74) is 2.76. The van der Waals surface area contributed by atoms with Crippen LogP contribution in [0.15, 0.2) is 48.6 Å². The van der Waals surface area contributed by atoms with E-state index in [9.17, 15) is 0 Å². The van der Waals surface area contributed by atoms with E-state index in [1.165, 1.54) is 11.1 Å². The lowest BCUT2D eigenvalue weighted by Gasteiger charge is -2.03. The Kier molecular flexibility index (Phi) is 5.63. The number of allylic oxidation sites excluding steroid dienone is 4. The second-order valence-corrected chi connectivity index (χ2v) is 4.48. The molecule has 0 saturated heterocycles. The van der Waals surface area contributed by atoms with E-state index in [0.717, 1.165) is 12.8 Å². The number of rotatable bonds is 1. The van der Waals surface area contributed by atoms with Crippen molar-refractivity contribution in [1.82, 2.24) is 0 Å². The lowest BCUT2D eigenvalue weighted by Crippen LogP contribution is -1.85. The third-order valence-corrected chi connectivity index (χ3v) is 2.62. The first-order valence-electron chi connectivity index (χ1n) is 6.06. The van der Waals surface area contributed by atoms with Crippen molar-refractivity contribution in [3.05, 3.63) is 59.7 Å². The molecule has 0 nitrogen and oxygen atoms in total. The van der Waals surface area contributed by atoms with E-state index in [1.807, 2.05) is 0 Å². The molecule has 2 rings (SSSR count). The summed E-state index contributed by atoms with van der Waals surface area (Å²) in [5.74, 6) is 0.653. The Morgan fingerprint density at radius 1 is 0.812 bits per heavy atom. The maximum absolute atomic E-state index is 2.21. The molecule has 1 aliphatic carbocycles. The molecule has 0 atom stereocenters. The lowest BCUT2D eigenvalue weighted by molar-refractivity contribution is 0.866. The van der Waals surface area contributed by atoms with Gasteiger partial charge in [-0.25, -0.2) is 0 Å². The van der Waals surface area contributed by atoms with Crippen LogP contribution < -0.4 is 0 Å². The SMILES string of the molecule is C1=CCC=CC1.Cc1ccc(C(C)C)cc1. The minimum atomic E-state index is 0.653. The second kappa shape index (κ2) is 7.05. The maximum atomic E-state index is 2.21. The third-order valence-electron chi connectivity index (χ3n) is 2.62. The van der Waals surface area contributed by atoms with Crippen molar-refractivity contribution in [2.45, 2.75) is 39.5 Å². The van der Waals surface area contributed by atoms with Crippen LogP contribution in [-0.4, -0.2) is 0 Å². The van der Waals surface area contributed by atoms with Crippen LogP contribution in [-0.2, 0) is 0 Å². The molecule has 0 bridgehead atoms. The Labute approximate surface area is 99.7 Å². The van der Waals surface area contributed by atoms with Crippen LogP contribution in [0, 0.1) is 6.92 Å². The minimum absolute atomic E-state index is 0.653. The molecule has 86 valence electrons. The largest absolute Gasteiger partial charge is 0.0844 e. The van der Waals surface area contributed by atoms with Gasteiger partial charge in [0.15, 0.2) is 0 Å². The average molecular weight is 214 g/mol. The summed E-state index contributed by atoms with van der Waals surface area (Å²) in [6.45, 7) is 6.54. The Hall–Kier alpha value is -1.30. The van der Waals surface area contributed by atoms with Gasteiger partial charge in [0.1, 0.15) is 0 Å². The molecule has 0 saturated carbocycles. The van der Waals surface area contributed by atoms with Gasteiger partial charge in [0.05, 0.1) is 0 Å². The molecule has 1 aromatic carbocycles. The zero-order valence-electron chi connectivity index (χ0n) is 10.6. The zero-order chi connectivity index (χ0) is 11.8. The predicted octanol–water partition coefficient (Wildman–Crippen LogP) is 5.01. The van der Waals surface area contributed by atoms with E-state index in [0.29, 0.717) is 5.92 Å². The second-order valence-electron chi connectivity index (χ2n) is 4.48. The van der Waals surface area contributed by atoms with Gasteiger partial charge in [-0.1, -0.05) is 68.0 Å². The Morgan fingerprint density at radius 2 is 1.25 bits per heavy atom. The normalized spacial score (nSPS) is 13.5. The van der Waals surface area contributed by atoms with Crippen molar-refractivity contribution in [1.29, 1.82) is 0 Å². The fraction of sp³-hybridized carbons (Fsp3) is 0.375. The monoisotopic (exact) mass is 214 g/mol. The number of hydrogen-bond acceptors (Lipinski definition) is 0. The molecule has 1 aliphatic rings. The van der Waals surface area contributed by atoms with Crippen LogP contribution in [0.2, 0.25) is 0 Å². The highest BCUT2D eigenvalue weighted by atomic mass is 14.0. The average Bonchev–Trinajstić information content (AvgIpc) is 2.32. The highest BCUT2D eigenvalue weighted by Crippen LogP contribution is 2.13. The van der Waals surface area contributed by atoms with Crippen LogP contribution in [0.5, 0.6) is 0 Å². The van der Waals surface area contributed by atoms with Crippen molar-refractivity contribution in [2.75, 3.05) is 0 Å². The molecule has 0 heterocycles. The number of aryl methyl sites for hydroxylation is 1. The van der Waals surface area contributed by atoms with Gasteiger partial charge in [0, 0.05) is 0 Å². The van der Waals surface area contributed by atoms with E-state index >= 15 is 0 Å². The maximum Gasteiger partial charge on any atom is -0.0169 e. The standard InChI is InChI=1S/C10H14.C6H8/c1-8(2)10-6-4-9(3)5-7-10;1-2-4-6-5-3-1/h4-8H,1-3H3;1-2,5-6H,3-4H2. The predicted molar refractivity (Wildman–Crippen MR) is 72.8 cm³/mol. The van der Waals surface area contributed by atoms with E-state index in [4.69, 9.17) is 0 Å². The van der Waals surface area contributed by atoms with Crippen LogP contribution in [0.3, 0.4) is 0 Å². The Balaban J connectivity index is 0.000000181. The van der Waals surface area contributed by atoms with Crippen LogP contribution in [0.25, 0.3) is 0 Å². The zero-order valence-corrected chi connectivity index (χ0v) is 10.6. The molecule has 0 heteroatoms. The fourth-order valence-corrected chi connectivity index (χ4v) is 1.49. The van der Waals surface area contributed by atoms with Crippen LogP contribution in [0.1, 0.15) is 43.7 Å². The van der Waals surface area contributed by atoms with Crippen molar-refractivity contribution in [3.63, 3.8) is 0 Å². The molecule has 0 N–H and O–H groups in total. The van der Waals surface area contributed by atoms with Gasteiger partial charge in [-0.05, 0) is 31.2 Å². The third kappa shape index (κ3) is 4.97. The van der Waals surface area contributed by atoms with Crippen molar-refractivity contribution in [3.8, 4) is 0 Å².